The molecule has 4 N–H and O–H groups in total. The number of carbonyl (C=O) groups excluding carboxylic acids is 1. The molecule has 142 valence electrons. The van der Waals surface area contributed by atoms with Crippen LogP contribution in [0.3, 0.4) is 0 Å². The number of benzene rings is 1. The van der Waals surface area contributed by atoms with Crippen molar-refractivity contribution < 1.29 is 24.5 Å². The van der Waals surface area contributed by atoms with Crippen LogP contribution in [-0.4, -0.2) is 39.3 Å². The van der Waals surface area contributed by atoms with Crippen LogP contribution in [0.2, 0.25) is 0 Å². The Morgan fingerprint density at radius 2 is 2.04 bits per heavy atom. The van der Waals surface area contributed by atoms with Gasteiger partial charge in [-0.05, 0) is 17.7 Å². The standard InChI is InChI=1S/C18H14N4O5S/c1-27-12-4-8(2-3-11(12)23)15-9(6-19)16(21)22-17(26)13(5-14(24)25)28-18(22)10(15)7-20/h2-4,13,15,23H,5,21H2,1H3,(H,24,25). The first-order valence-corrected chi connectivity index (χ1v) is 8.85. The smallest absolute Gasteiger partial charge is 0.305 e. The molecule has 2 heterocycles. The van der Waals surface area contributed by atoms with Gasteiger partial charge in [0, 0.05) is 0 Å². The number of nitrogens with two attached hydrogens (primary N) is 1. The van der Waals surface area contributed by atoms with E-state index in [4.69, 9.17) is 15.6 Å². The lowest BCUT2D eigenvalue weighted by Gasteiger charge is -2.30. The molecule has 28 heavy (non-hydrogen) atoms. The Balaban J connectivity index is 2.19. The Morgan fingerprint density at radius 3 is 2.61 bits per heavy atom. The largest absolute Gasteiger partial charge is 0.504 e. The number of amides is 1. The van der Waals surface area contributed by atoms with Gasteiger partial charge in [-0.15, -0.1) is 0 Å². The number of hydrogen-bond donors (Lipinski definition) is 3. The van der Waals surface area contributed by atoms with E-state index < -0.39 is 29.5 Å². The second-order valence-corrected chi connectivity index (χ2v) is 7.18. The highest BCUT2D eigenvalue weighted by molar-refractivity contribution is 8.04. The van der Waals surface area contributed by atoms with Gasteiger partial charge in [0.15, 0.2) is 11.5 Å². The van der Waals surface area contributed by atoms with Crippen LogP contribution >= 0.6 is 11.8 Å². The van der Waals surface area contributed by atoms with Crippen molar-refractivity contribution in [3.05, 3.63) is 45.8 Å². The lowest BCUT2D eigenvalue weighted by molar-refractivity contribution is -0.139. The maximum Gasteiger partial charge on any atom is 0.305 e. The molecule has 1 saturated heterocycles. The van der Waals surface area contributed by atoms with Crippen molar-refractivity contribution in [3.8, 4) is 23.6 Å². The summed E-state index contributed by atoms with van der Waals surface area (Å²) in [6.07, 6.45) is -0.435. The first-order chi connectivity index (χ1) is 13.3. The normalized spacial score (nSPS) is 21.2. The highest BCUT2D eigenvalue weighted by Crippen LogP contribution is 2.50. The number of phenols is 1. The van der Waals surface area contributed by atoms with Gasteiger partial charge in [0.1, 0.15) is 11.1 Å². The van der Waals surface area contributed by atoms with Crippen LogP contribution < -0.4 is 10.5 Å². The molecule has 1 fully saturated rings. The minimum atomic E-state index is -1.16. The molecule has 0 aliphatic carbocycles. The maximum atomic E-state index is 12.6. The monoisotopic (exact) mass is 398 g/mol. The van der Waals surface area contributed by atoms with Gasteiger partial charge in [-0.25, -0.2) is 0 Å². The zero-order valence-corrected chi connectivity index (χ0v) is 15.4. The van der Waals surface area contributed by atoms with Crippen molar-refractivity contribution in [2.75, 3.05) is 7.11 Å². The molecule has 0 radical (unpaired) electrons. The average molecular weight is 398 g/mol. The van der Waals surface area contributed by atoms with Crippen molar-refractivity contribution in [1.29, 1.82) is 10.5 Å². The number of methoxy groups -OCH3 is 1. The first-order valence-electron chi connectivity index (χ1n) is 7.97. The van der Waals surface area contributed by atoms with Crippen molar-refractivity contribution in [1.82, 2.24) is 4.90 Å². The summed E-state index contributed by atoms with van der Waals surface area (Å²) in [5.41, 5.74) is 6.63. The fourth-order valence-electron chi connectivity index (χ4n) is 3.16. The van der Waals surface area contributed by atoms with Crippen LogP contribution in [0.15, 0.2) is 40.2 Å². The minimum Gasteiger partial charge on any atom is -0.504 e. The molecule has 2 aliphatic rings. The number of aliphatic carboxylic acids is 1. The van der Waals surface area contributed by atoms with Crippen molar-refractivity contribution in [2.45, 2.75) is 17.6 Å². The summed E-state index contributed by atoms with van der Waals surface area (Å²) in [5, 5.41) is 37.6. The van der Waals surface area contributed by atoms with E-state index in [9.17, 15) is 25.2 Å². The summed E-state index contributed by atoms with van der Waals surface area (Å²) >= 11 is 0.940. The van der Waals surface area contributed by atoms with E-state index in [0.29, 0.717) is 5.56 Å². The van der Waals surface area contributed by atoms with Gasteiger partial charge in [0.05, 0.1) is 47.8 Å². The van der Waals surface area contributed by atoms with Crippen LogP contribution in [0.1, 0.15) is 17.9 Å². The molecule has 1 aromatic rings. The summed E-state index contributed by atoms with van der Waals surface area (Å²) in [6, 6.07) is 8.35. The van der Waals surface area contributed by atoms with Crippen molar-refractivity contribution in [2.24, 2.45) is 5.73 Å². The summed E-state index contributed by atoms with van der Waals surface area (Å²) in [6.45, 7) is 0. The van der Waals surface area contributed by atoms with E-state index in [2.05, 4.69) is 0 Å². The second kappa shape index (κ2) is 7.18. The van der Waals surface area contributed by atoms with Gasteiger partial charge < -0.3 is 20.7 Å². The number of ether oxygens (including phenoxy) is 1. The number of fused-ring (bicyclic) bond motifs is 1. The molecule has 3 rings (SSSR count). The van der Waals surface area contributed by atoms with Gasteiger partial charge in [0.25, 0.3) is 0 Å². The summed E-state index contributed by atoms with van der Waals surface area (Å²) in [5.74, 6) is -2.72. The van der Waals surface area contributed by atoms with E-state index in [-0.39, 0.29) is 33.5 Å². The molecular weight excluding hydrogens is 384 g/mol. The number of carbonyl (C=O) groups is 2. The predicted molar refractivity (Wildman–Crippen MR) is 97.3 cm³/mol. The average Bonchev–Trinajstić information content (AvgIpc) is 2.98. The molecule has 0 spiro atoms. The number of phenolic OH excluding ortho intramolecular Hbond substituents is 1. The molecule has 10 heteroatoms. The fraction of sp³-hybridized carbons (Fsp3) is 0.222. The van der Waals surface area contributed by atoms with Gasteiger partial charge >= 0.3 is 5.97 Å². The third kappa shape index (κ3) is 2.90. The van der Waals surface area contributed by atoms with E-state index in [1.54, 1.807) is 0 Å². The first kappa shape index (κ1) is 19.1. The Morgan fingerprint density at radius 1 is 1.36 bits per heavy atom. The minimum absolute atomic E-state index is 0.0158. The van der Waals surface area contributed by atoms with E-state index >= 15 is 0 Å². The number of nitriles is 2. The number of carboxylic acid groups (broad SMARTS) is 1. The zero-order valence-electron chi connectivity index (χ0n) is 14.5. The molecule has 0 saturated carbocycles. The maximum absolute atomic E-state index is 12.6. The molecular formula is C18H14N4O5S. The SMILES string of the molecule is COc1cc(C2C(C#N)=C(N)N3C(=O)C(CC(=O)O)SC3=C2C#N)ccc1O. The second-order valence-electron chi connectivity index (χ2n) is 5.98. The van der Waals surface area contributed by atoms with Gasteiger partial charge in [0.2, 0.25) is 5.91 Å². The van der Waals surface area contributed by atoms with Crippen LogP contribution in [0.4, 0.5) is 0 Å². The molecule has 9 nitrogen and oxygen atoms in total. The van der Waals surface area contributed by atoms with Crippen LogP contribution in [0.5, 0.6) is 11.5 Å². The number of hydrogen-bond acceptors (Lipinski definition) is 8. The van der Waals surface area contributed by atoms with Gasteiger partial charge in [-0.3, -0.25) is 14.5 Å². The van der Waals surface area contributed by atoms with Crippen LogP contribution in [0, 0.1) is 22.7 Å². The van der Waals surface area contributed by atoms with Crippen LogP contribution in [0.25, 0.3) is 0 Å². The fourth-order valence-corrected chi connectivity index (χ4v) is 4.44. The molecule has 1 aromatic carbocycles. The topological polar surface area (TPSA) is 161 Å². The number of allylic oxidation sites excluding steroid dienone is 2. The highest BCUT2D eigenvalue weighted by atomic mass is 32.2. The number of nitrogens with zero attached hydrogens (tertiary/aromatic N) is 3. The molecule has 2 unspecified atom stereocenters. The number of carboxylic acids is 1. The third-order valence-corrected chi connectivity index (χ3v) is 5.69. The van der Waals surface area contributed by atoms with E-state index in [1.807, 2.05) is 12.1 Å². The molecule has 2 aliphatic heterocycles. The van der Waals surface area contributed by atoms with Crippen molar-refractivity contribution >= 4 is 23.6 Å². The molecule has 1 amide bonds. The molecule has 0 bridgehead atoms. The summed E-state index contributed by atoms with van der Waals surface area (Å²) in [4.78, 5) is 24.7. The predicted octanol–water partition coefficient (Wildman–Crippen LogP) is 1.35. The van der Waals surface area contributed by atoms with E-state index in [0.717, 1.165) is 16.7 Å². The number of aromatic hydroxyl groups is 1. The molecule has 0 aromatic heterocycles. The van der Waals surface area contributed by atoms with Gasteiger partial charge in [-0.1, -0.05) is 17.8 Å². The quantitative estimate of drug-likeness (QED) is 0.679. The van der Waals surface area contributed by atoms with Gasteiger partial charge in [-0.2, -0.15) is 10.5 Å². The Hall–Kier alpha value is -3.63. The molecule has 2 atom stereocenters. The zero-order chi connectivity index (χ0) is 20.6. The third-order valence-electron chi connectivity index (χ3n) is 4.42. The summed E-state index contributed by atoms with van der Waals surface area (Å²) < 4.78 is 5.09. The Kier molecular flexibility index (Phi) is 4.91. The lowest BCUT2D eigenvalue weighted by Crippen LogP contribution is -2.37. The van der Waals surface area contributed by atoms with E-state index in [1.165, 1.54) is 25.3 Å². The van der Waals surface area contributed by atoms with Crippen molar-refractivity contribution in [3.63, 3.8) is 0 Å². The highest BCUT2D eigenvalue weighted by Gasteiger charge is 2.47. The lowest BCUT2D eigenvalue weighted by atomic mass is 9.83. The summed E-state index contributed by atoms with van der Waals surface area (Å²) in [7, 11) is 1.36. The number of thioether (sulfide) groups is 1. The Labute approximate surface area is 163 Å². The number of rotatable bonds is 4. The van der Waals surface area contributed by atoms with Crippen LogP contribution in [-0.2, 0) is 9.59 Å². The Bertz CT molecular complexity index is 1030.